The van der Waals surface area contributed by atoms with Crippen molar-refractivity contribution in [3.05, 3.63) is 71.3 Å². The van der Waals surface area contributed by atoms with Gasteiger partial charge in [-0.3, -0.25) is 14.4 Å². The maximum atomic E-state index is 12.8. The molecule has 4 N–H and O–H groups in total. The molecule has 2 aromatic rings. The number of amides is 2. The highest BCUT2D eigenvalue weighted by atomic mass is 16.4. The van der Waals surface area contributed by atoms with Crippen LogP contribution in [0.1, 0.15) is 36.0 Å². The topological polar surface area (TPSA) is 113 Å². The van der Waals surface area contributed by atoms with E-state index in [0.717, 1.165) is 17.5 Å². The molecule has 164 valence electrons. The Morgan fingerprint density at radius 3 is 2.45 bits per heavy atom. The molecule has 2 amide bonds. The Hall–Kier alpha value is -3.19. The largest absolute Gasteiger partial charge is 0.481 e. The molecule has 0 unspecified atom stereocenters. The van der Waals surface area contributed by atoms with Gasteiger partial charge in [0, 0.05) is 25.6 Å². The summed E-state index contributed by atoms with van der Waals surface area (Å²) in [5.41, 5.74) is 8.70. The molecule has 0 spiro atoms. The van der Waals surface area contributed by atoms with Gasteiger partial charge in [0.25, 0.3) is 0 Å². The number of hydrogen-bond acceptors (Lipinski definition) is 4. The summed E-state index contributed by atoms with van der Waals surface area (Å²) in [6.07, 6.45) is 2.09. The second kappa shape index (κ2) is 10.7. The summed E-state index contributed by atoms with van der Waals surface area (Å²) in [7, 11) is 0. The number of carbonyl (C=O) groups excluding carboxylic acids is 2. The molecular formula is C24H29N3O4. The van der Waals surface area contributed by atoms with Gasteiger partial charge in [0.15, 0.2) is 0 Å². The highest BCUT2D eigenvalue weighted by Crippen LogP contribution is 2.20. The molecule has 1 aliphatic heterocycles. The number of nitrogens with one attached hydrogen (secondary N) is 1. The lowest BCUT2D eigenvalue weighted by Gasteiger charge is -2.25. The van der Waals surface area contributed by atoms with Crippen molar-refractivity contribution >= 4 is 17.8 Å². The van der Waals surface area contributed by atoms with Crippen molar-refractivity contribution in [2.45, 2.75) is 50.7 Å². The van der Waals surface area contributed by atoms with E-state index in [4.69, 9.17) is 10.8 Å². The van der Waals surface area contributed by atoms with Gasteiger partial charge in [-0.1, -0.05) is 54.6 Å². The molecule has 1 saturated heterocycles. The fourth-order valence-corrected chi connectivity index (χ4v) is 4.03. The van der Waals surface area contributed by atoms with Gasteiger partial charge in [0.05, 0.1) is 6.42 Å². The molecule has 1 heterocycles. The van der Waals surface area contributed by atoms with Gasteiger partial charge in [-0.05, 0) is 36.0 Å². The Morgan fingerprint density at radius 2 is 1.74 bits per heavy atom. The Kier molecular flexibility index (Phi) is 7.78. The van der Waals surface area contributed by atoms with Crippen LogP contribution in [0.25, 0.3) is 0 Å². The first-order valence-electron chi connectivity index (χ1n) is 10.6. The van der Waals surface area contributed by atoms with Crippen molar-refractivity contribution in [1.82, 2.24) is 10.2 Å². The predicted octanol–water partition coefficient (Wildman–Crippen LogP) is 1.88. The second-order valence-corrected chi connectivity index (χ2v) is 7.96. The van der Waals surface area contributed by atoms with Crippen LogP contribution in [-0.2, 0) is 33.8 Å². The summed E-state index contributed by atoms with van der Waals surface area (Å²) in [6, 6.07) is 16.1. The molecule has 31 heavy (non-hydrogen) atoms. The number of carboxylic acids is 1. The van der Waals surface area contributed by atoms with Crippen LogP contribution in [0.15, 0.2) is 54.6 Å². The molecular weight excluding hydrogens is 394 g/mol. The van der Waals surface area contributed by atoms with Crippen molar-refractivity contribution in [3.8, 4) is 0 Å². The first-order valence-corrected chi connectivity index (χ1v) is 10.6. The molecule has 0 radical (unpaired) electrons. The number of benzene rings is 2. The van der Waals surface area contributed by atoms with Crippen molar-refractivity contribution in [1.29, 1.82) is 0 Å². The number of rotatable bonds is 9. The number of likely N-dealkylation sites (tertiary alicyclic amines) is 1. The number of carboxylic acid groups (broad SMARTS) is 1. The Balaban J connectivity index is 1.55. The average molecular weight is 424 g/mol. The number of hydrogen-bond donors (Lipinski definition) is 3. The highest BCUT2D eigenvalue weighted by molar-refractivity contribution is 5.88. The van der Waals surface area contributed by atoms with E-state index in [-0.39, 0.29) is 37.2 Å². The molecule has 2 atom stereocenters. The van der Waals surface area contributed by atoms with E-state index in [1.54, 1.807) is 23.1 Å². The minimum absolute atomic E-state index is 0.0978. The van der Waals surface area contributed by atoms with Gasteiger partial charge in [-0.2, -0.15) is 0 Å². The highest BCUT2D eigenvalue weighted by Gasteiger charge is 2.34. The van der Waals surface area contributed by atoms with E-state index in [0.29, 0.717) is 24.9 Å². The van der Waals surface area contributed by atoms with Crippen LogP contribution < -0.4 is 11.1 Å². The lowest BCUT2D eigenvalue weighted by atomic mass is 10.0. The van der Waals surface area contributed by atoms with Gasteiger partial charge >= 0.3 is 5.97 Å². The first kappa shape index (κ1) is 22.5. The van der Waals surface area contributed by atoms with Gasteiger partial charge in [-0.15, -0.1) is 0 Å². The molecule has 0 aliphatic carbocycles. The quantitative estimate of drug-likeness (QED) is 0.570. The monoisotopic (exact) mass is 423 g/mol. The number of carbonyl (C=O) groups is 3. The van der Waals surface area contributed by atoms with E-state index in [1.807, 2.05) is 36.4 Å². The molecule has 1 aliphatic rings. The van der Waals surface area contributed by atoms with Crippen molar-refractivity contribution in [2.75, 3.05) is 6.54 Å². The summed E-state index contributed by atoms with van der Waals surface area (Å²) >= 11 is 0. The number of aliphatic carboxylic acids is 1. The van der Waals surface area contributed by atoms with Crippen LogP contribution >= 0.6 is 0 Å². The molecule has 1 fully saturated rings. The Morgan fingerprint density at radius 1 is 1.06 bits per heavy atom. The zero-order chi connectivity index (χ0) is 22.2. The van der Waals surface area contributed by atoms with Crippen LogP contribution in [-0.4, -0.2) is 46.4 Å². The third-order valence-electron chi connectivity index (χ3n) is 5.57. The smallest absolute Gasteiger partial charge is 0.307 e. The third-order valence-corrected chi connectivity index (χ3v) is 5.57. The Labute approximate surface area is 182 Å². The van der Waals surface area contributed by atoms with Gasteiger partial charge < -0.3 is 21.1 Å². The molecule has 0 bridgehead atoms. The van der Waals surface area contributed by atoms with Crippen molar-refractivity contribution in [2.24, 2.45) is 5.73 Å². The predicted molar refractivity (Wildman–Crippen MR) is 117 cm³/mol. The molecule has 0 saturated carbocycles. The van der Waals surface area contributed by atoms with Gasteiger partial charge in [-0.25, -0.2) is 0 Å². The van der Waals surface area contributed by atoms with Crippen LogP contribution in [0.4, 0.5) is 0 Å². The van der Waals surface area contributed by atoms with E-state index in [9.17, 15) is 14.4 Å². The lowest BCUT2D eigenvalue weighted by Crippen LogP contribution is -2.47. The summed E-state index contributed by atoms with van der Waals surface area (Å²) in [4.78, 5) is 38.3. The van der Waals surface area contributed by atoms with Crippen molar-refractivity contribution < 1.29 is 19.5 Å². The van der Waals surface area contributed by atoms with E-state index in [1.165, 1.54) is 0 Å². The fourth-order valence-electron chi connectivity index (χ4n) is 4.03. The van der Waals surface area contributed by atoms with E-state index in [2.05, 4.69) is 5.32 Å². The van der Waals surface area contributed by atoms with Crippen LogP contribution in [0.2, 0.25) is 0 Å². The summed E-state index contributed by atoms with van der Waals surface area (Å²) < 4.78 is 0. The van der Waals surface area contributed by atoms with E-state index >= 15 is 0 Å². The summed E-state index contributed by atoms with van der Waals surface area (Å²) in [6.45, 7) is 0.777. The van der Waals surface area contributed by atoms with E-state index < -0.39 is 12.0 Å². The molecule has 7 nitrogen and oxygen atoms in total. The normalized spacial score (nSPS) is 16.7. The van der Waals surface area contributed by atoms with Gasteiger partial charge in [0.1, 0.15) is 6.04 Å². The molecule has 3 rings (SSSR count). The molecule has 7 heteroatoms. The number of nitrogens with two attached hydrogens (primary N) is 1. The van der Waals surface area contributed by atoms with Crippen LogP contribution in [0.3, 0.4) is 0 Å². The summed E-state index contributed by atoms with van der Waals surface area (Å²) in [5, 5.41) is 11.9. The van der Waals surface area contributed by atoms with Crippen molar-refractivity contribution in [3.63, 3.8) is 0 Å². The molecule has 2 aromatic carbocycles. The minimum atomic E-state index is -0.918. The lowest BCUT2D eigenvalue weighted by molar-refractivity contribution is -0.138. The SMILES string of the molecule is N[C@@H](CC(=O)N1CCC[C@H]1C(=O)NCc1ccccc1CC(=O)O)Cc1ccccc1. The van der Waals surface area contributed by atoms with Gasteiger partial charge in [0.2, 0.25) is 11.8 Å². The first-order chi connectivity index (χ1) is 14.9. The van der Waals surface area contributed by atoms with Crippen LogP contribution in [0, 0.1) is 0 Å². The van der Waals surface area contributed by atoms with Crippen LogP contribution in [0.5, 0.6) is 0 Å². The minimum Gasteiger partial charge on any atom is -0.481 e. The number of nitrogens with zero attached hydrogens (tertiary/aromatic N) is 1. The zero-order valence-electron chi connectivity index (χ0n) is 17.5. The fraction of sp³-hybridized carbons (Fsp3) is 0.375. The maximum Gasteiger partial charge on any atom is 0.307 e. The third kappa shape index (κ3) is 6.39. The maximum absolute atomic E-state index is 12.8. The zero-order valence-corrected chi connectivity index (χ0v) is 17.5. The standard InChI is InChI=1S/C24H29N3O4/c25-20(13-17-7-2-1-3-8-17)15-22(28)27-12-6-11-21(27)24(31)26-16-19-10-5-4-9-18(19)14-23(29)30/h1-5,7-10,20-21H,6,11-16,25H2,(H,26,31)(H,29,30)/t20-,21+/m1/s1. The molecule has 0 aromatic heterocycles. The average Bonchev–Trinajstić information content (AvgIpc) is 3.23. The second-order valence-electron chi connectivity index (χ2n) is 7.96. The Bertz CT molecular complexity index is 916. The summed E-state index contributed by atoms with van der Waals surface area (Å²) in [5.74, 6) is -1.24.